The molecule has 3 aromatic heterocycles. The van der Waals surface area contributed by atoms with Crippen molar-refractivity contribution in [2.24, 2.45) is 0 Å². The number of amides is 1. The van der Waals surface area contributed by atoms with Gasteiger partial charge in [-0.05, 0) is 37.5 Å². The largest absolute Gasteiger partial charge is 0.494 e. The zero-order valence-corrected chi connectivity index (χ0v) is 21.7. The fourth-order valence-corrected chi connectivity index (χ4v) is 5.90. The highest BCUT2D eigenvalue weighted by Crippen LogP contribution is 2.42. The molecule has 0 saturated carbocycles. The van der Waals surface area contributed by atoms with Gasteiger partial charge in [0.1, 0.15) is 10.9 Å². The number of benzene rings is 1. The lowest BCUT2D eigenvalue weighted by Gasteiger charge is -2.35. The molecule has 9 heteroatoms. The Hall–Kier alpha value is -3.33. The third-order valence-corrected chi connectivity index (χ3v) is 7.75. The van der Waals surface area contributed by atoms with E-state index in [2.05, 4.69) is 27.4 Å². The number of aromatic nitrogens is 3. The summed E-state index contributed by atoms with van der Waals surface area (Å²) >= 11 is 7.65. The van der Waals surface area contributed by atoms with E-state index < -0.39 is 5.60 Å². The Bertz CT molecular complexity index is 1430. The maximum absolute atomic E-state index is 13.4. The smallest absolute Gasteiger partial charge is 0.259 e. The molecule has 1 N–H and O–H groups in total. The Morgan fingerprint density at radius 2 is 1.92 bits per heavy atom. The molecule has 0 bridgehead atoms. The number of hydrogen-bond acceptors (Lipinski definition) is 7. The summed E-state index contributed by atoms with van der Waals surface area (Å²) in [4.78, 5) is 27.7. The second-order valence-corrected chi connectivity index (χ2v) is 10.1. The standard InChI is InChI=1S/C27H25ClN4O3S/c1-16-11-18(19-12-24(28)30-15-22(19)34-2)20(14-29-16)25(33)32-26-31-21-9-10-27(35-3,13-23(21)36-26)17-7-5-4-6-8-17/h4-8,11-12,14-15H,9-10,13H2,1-3H3,(H,31,32,33)/t27-/m0/s1. The lowest BCUT2D eigenvalue weighted by Crippen LogP contribution is -2.34. The number of pyridine rings is 2. The molecule has 1 aliphatic carbocycles. The summed E-state index contributed by atoms with van der Waals surface area (Å²) in [6.07, 6.45) is 5.41. The highest BCUT2D eigenvalue weighted by Gasteiger charge is 2.38. The molecule has 1 amide bonds. The van der Waals surface area contributed by atoms with Crippen LogP contribution in [0, 0.1) is 6.92 Å². The minimum absolute atomic E-state index is 0.305. The van der Waals surface area contributed by atoms with Gasteiger partial charge in [0, 0.05) is 41.4 Å². The number of carbonyl (C=O) groups excluding carboxylic acids is 1. The van der Waals surface area contributed by atoms with Gasteiger partial charge < -0.3 is 9.47 Å². The van der Waals surface area contributed by atoms with Crippen LogP contribution in [0.3, 0.4) is 0 Å². The van der Waals surface area contributed by atoms with Crippen LogP contribution in [0.2, 0.25) is 5.15 Å². The van der Waals surface area contributed by atoms with E-state index in [-0.39, 0.29) is 5.91 Å². The van der Waals surface area contributed by atoms with Gasteiger partial charge in [-0.3, -0.25) is 15.1 Å². The van der Waals surface area contributed by atoms with E-state index in [1.165, 1.54) is 11.3 Å². The molecule has 1 atom stereocenters. The molecule has 0 fully saturated rings. The Labute approximate surface area is 218 Å². The van der Waals surface area contributed by atoms with Gasteiger partial charge in [0.15, 0.2) is 5.13 Å². The maximum Gasteiger partial charge on any atom is 0.259 e. The number of aryl methyl sites for hydroxylation is 2. The van der Waals surface area contributed by atoms with Crippen molar-refractivity contribution in [1.82, 2.24) is 15.0 Å². The van der Waals surface area contributed by atoms with Crippen molar-refractivity contribution >= 4 is 34.0 Å². The Kier molecular flexibility index (Phi) is 6.75. The third kappa shape index (κ3) is 4.59. The first-order valence-corrected chi connectivity index (χ1v) is 12.7. The van der Waals surface area contributed by atoms with E-state index >= 15 is 0 Å². The van der Waals surface area contributed by atoms with Gasteiger partial charge in [0.05, 0.1) is 30.2 Å². The van der Waals surface area contributed by atoms with E-state index in [0.717, 1.165) is 34.7 Å². The molecular formula is C27H25ClN4O3S. The normalized spacial score (nSPS) is 16.9. The molecule has 1 aromatic carbocycles. The van der Waals surface area contributed by atoms with Gasteiger partial charge in [-0.2, -0.15) is 0 Å². The van der Waals surface area contributed by atoms with Crippen molar-refractivity contribution in [2.45, 2.75) is 31.8 Å². The molecule has 1 aliphatic rings. The van der Waals surface area contributed by atoms with Crippen molar-refractivity contribution in [3.63, 3.8) is 0 Å². The van der Waals surface area contributed by atoms with Crippen LogP contribution in [0.25, 0.3) is 11.1 Å². The van der Waals surface area contributed by atoms with Crippen molar-refractivity contribution in [2.75, 3.05) is 19.5 Å². The zero-order chi connectivity index (χ0) is 25.3. The van der Waals surface area contributed by atoms with E-state index in [1.54, 1.807) is 32.7 Å². The molecule has 3 heterocycles. The van der Waals surface area contributed by atoms with Crippen LogP contribution in [0.15, 0.2) is 54.9 Å². The third-order valence-electron chi connectivity index (χ3n) is 6.53. The summed E-state index contributed by atoms with van der Waals surface area (Å²) in [5.74, 6) is 0.209. The predicted octanol–water partition coefficient (Wildman–Crippen LogP) is 5.85. The van der Waals surface area contributed by atoms with Gasteiger partial charge >= 0.3 is 0 Å². The van der Waals surface area contributed by atoms with E-state index in [9.17, 15) is 4.79 Å². The molecule has 5 rings (SSSR count). The minimum atomic E-state index is -0.396. The lowest BCUT2D eigenvalue weighted by atomic mass is 9.81. The van der Waals surface area contributed by atoms with Crippen LogP contribution < -0.4 is 10.1 Å². The Balaban J connectivity index is 1.44. The van der Waals surface area contributed by atoms with E-state index in [1.807, 2.05) is 31.2 Å². The summed E-state index contributed by atoms with van der Waals surface area (Å²) in [5, 5.41) is 3.84. The first kappa shape index (κ1) is 24.4. The number of thiazole rings is 1. The average Bonchev–Trinajstić information content (AvgIpc) is 3.30. The van der Waals surface area contributed by atoms with Crippen LogP contribution in [-0.4, -0.2) is 35.1 Å². The molecule has 7 nitrogen and oxygen atoms in total. The van der Waals surface area contributed by atoms with Crippen LogP contribution in [0.4, 0.5) is 5.13 Å². The van der Waals surface area contributed by atoms with Gasteiger partial charge in [-0.1, -0.05) is 41.9 Å². The molecular weight excluding hydrogens is 496 g/mol. The number of rotatable bonds is 6. The molecule has 184 valence electrons. The van der Waals surface area contributed by atoms with Crippen molar-refractivity contribution in [3.05, 3.63) is 87.4 Å². The SMILES string of the molecule is COc1cnc(Cl)cc1-c1cc(C)ncc1C(=O)Nc1nc2c(s1)C[C@](OC)(c1ccccc1)CC2. The number of hydrogen-bond donors (Lipinski definition) is 1. The molecule has 0 aliphatic heterocycles. The first-order chi connectivity index (χ1) is 17.4. The number of fused-ring (bicyclic) bond motifs is 1. The second kappa shape index (κ2) is 9.97. The van der Waals surface area contributed by atoms with Crippen LogP contribution in [0.1, 0.15) is 38.6 Å². The number of halogens is 1. The fourth-order valence-electron chi connectivity index (χ4n) is 4.64. The summed E-state index contributed by atoms with van der Waals surface area (Å²) in [6.45, 7) is 1.87. The highest BCUT2D eigenvalue weighted by atomic mass is 35.5. The summed E-state index contributed by atoms with van der Waals surface area (Å²) in [6, 6.07) is 13.8. The Morgan fingerprint density at radius 3 is 2.67 bits per heavy atom. The quantitative estimate of drug-likeness (QED) is 0.321. The number of nitrogens with one attached hydrogen (secondary N) is 1. The number of carbonyl (C=O) groups is 1. The molecule has 0 unspecified atom stereocenters. The van der Waals surface area contributed by atoms with E-state index in [0.29, 0.717) is 39.1 Å². The van der Waals surface area contributed by atoms with Crippen molar-refractivity contribution in [1.29, 1.82) is 0 Å². The summed E-state index contributed by atoms with van der Waals surface area (Å²) in [5.41, 5.74) is 4.24. The second-order valence-electron chi connectivity index (χ2n) is 8.66. The molecule has 4 aromatic rings. The molecule has 0 radical (unpaired) electrons. The number of anilines is 1. The zero-order valence-electron chi connectivity index (χ0n) is 20.2. The van der Waals surface area contributed by atoms with Gasteiger partial charge in [0.25, 0.3) is 5.91 Å². The van der Waals surface area contributed by atoms with Gasteiger partial charge in [-0.25, -0.2) is 9.97 Å². The Morgan fingerprint density at radius 1 is 1.11 bits per heavy atom. The summed E-state index contributed by atoms with van der Waals surface area (Å²) < 4.78 is 11.5. The fraction of sp³-hybridized carbons (Fsp3) is 0.259. The topological polar surface area (TPSA) is 86.2 Å². The average molecular weight is 521 g/mol. The first-order valence-electron chi connectivity index (χ1n) is 11.5. The van der Waals surface area contributed by atoms with Crippen LogP contribution in [0.5, 0.6) is 5.75 Å². The van der Waals surface area contributed by atoms with Crippen LogP contribution in [-0.2, 0) is 23.2 Å². The minimum Gasteiger partial charge on any atom is -0.494 e. The number of nitrogens with zero attached hydrogens (tertiary/aromatic N) is 3. The van der Waals surface area contributed by atoms with Crippen molar-refractivity contribution in [3.8, 4) is 16.9 Å². The van der Waals surface area contributed by atoms with Crippen LogP contribution >= 0.6 is 22.9 Å². The predicted molar refractivity (Wildman–Crippen MR) is 141 cm³/mol. The van der Waals surface area contributed by atoms with Gasteiger partial charge in [0.2, 0.25) is 0 Å². The highest BCUT2D eigenvalue weighted by molar-refractivity contribution is 7.15. The molecule has 0 spiro atoms. The lowest BCUT2D eigenvalue weighted by molar-refractivity contribution is -0.0259. The number of ether oxygens (including phenoxy) is 2. The number of methoxy groups -OCH3 is 2. The van der Waals surface area contributed by atoms with E-state index in [4.69, 9.17) is 26.1 Å². The molecule has 0 saturated heterocycles. The summed E-state index contributed by atoms with van der Waals surface area (Å²) in [7, 11) is 3.31. The van der Waals surface area contributed by atoms with Crippen molar-refractivity contribution < 1.29 is 14.3 Å². The monoisotopic (exact) mass is 520 g/mol. The molecule has 36 heavy (non-hydrogen) atoms. The maximum atomic E-state index is 13.4. The van der Waals surface area contributed by atoms with Gasteiger partial charge in [-0.15, -0.1) is 11.3 Å².